The minimum absolute atomic E-state index is 0.314. The van der Waals surface area contributed by atoms with Crippen LogP contribution in [0.1, 0.15) is 27.2 Å². The van der Waals surface area contributed by atoms with Gasteiger partial charge in [0.2, 0.25) is 0 Å². The third-order valence-corrected chi connectivity index (χ3v) is 3.47. The van der Waals surface area contributed by atoms with E-state index in [1.54, 1.807) is 0 Å². The minimum atomic E-state index is -0.469. The molecule has 0 radical (unpaired) electrons. The van der Waals surface area contributed by atoms with Crippen LogP contribution in [0.3, 0.4) is 0 Å². The lowest BCUT2D eigenvalue weighted by atomic mass is 10.0. The molecule has 0 aliphatic carbocycles. The number of ether oxygens (including phenoxy) is 1. The van der Waals surface area contributed by atoms with Gasteiger partial charge in [0.05, 0.1) is 0 Å². The molecule has 0 heterocycles. The van der Waals surface area contributed by atoms with Crippen molar-refractivity contribution in [3.05, 3.63) is 24.3 Å². The number of hydrogen-bond donors (Lipinski definition) is 2. The van der Waals surface area contributed by atoms with Crippen molar-refractivity contribution in [2.45, 2.75) is 39.3 Å². The van der Waals surface area contributed by atoms with Crippen molar-refractivity contribution in [2.75, 3.05) is 32.6 Å². The molecule has 0 aromatic heterocycles. The lowest BCUT2D eigenvalue weighted by Gasteiger charge is -2.22. The van der Waals surface area contributed by atoms with E-state index >= 15 is 0 Å². The van der Waals surface area contributed by atoms with E-state index in [-0.39, 0.29) is 0 Å². The van der Waals surface area contributed by atoms with Gasteiger partial charge in [0.1, 0.15) is 18.5 Å². The Bertz CT molecular complexity index is 390. The van der Waals surface area contributed by atoms with Gasteiger partial charge >= 0.3 is 0 Å². The summed E-state index contributed by atoms with van der Waals surface area (Å²) in [5, 5.41) is 13.3. The van der Waals surface area contributed by atoms with Crippen molar-refractivity contribution in [1.29, 1.82) is 0 Å². The molecule has 0 bridgehead atoms. The highest BCUT2D eigenvalue weighted by Gasteiger charge is 2.10. The molecule has 120 valence electrons. The van der Waals surface area contributed by atoms with Crippen molar-refractivity contribution >= 4 is 5.69 Å². The first-order chi connectivity index (χ1) is 9.92. The molecule has 21 heavy (non-hydrogen) atoms. The lowest BCUT2D eigenvalue weighted by Crippen LogP contribution is -2.30. The molecule has 0 fully saturated rings. The van der Waals surface area contributed by atoms with Gasteiger partial charge < -0.3 is 20.1 Å². The molecule has 2 atom stereocenters. The average Bonchev–Trinajstić information content (AvgIpc) is 2.42. The molecule has 4 heteroatoms. The normalized spacial score (nSPS) is 14.3. The monoisotopic (exact) mass is 294 g/mol. The van der Waals surface area contributed by atoms with E-state index in [0.29, 0.717) is 25.1 Å². The Morgan fingerprint density at radius 3 is 2.29 bits per heavy atom. The van der Waals surface area contributed by atoms with E-state index in [4.69, 9.17) is 4.74 Å². The van der Waals surface area contributed by atoms with Crippen LogP contribution in [0, 0.1) is 5.92 Å². The zero-order valence-electron chi connectivity index (χ0n) is 14.0. The largest absolute Gasteiger partial charge is 0.491 e. The summed E-state index contributed by atoms with van der Waals surface area (Å²) in [7, 11) is 3.87. The van der Waals surface area contributed by atoms with Crippen LogP contribution in [0.2, 0.25) is 0 Å². The van der Waals surface area contributed by atoms with Crippen molar-refractivity contribution < 1.29 is 9.84 Å². The second-order valence-electron chi connectivity index (χ2n) is 6.15. The van der Waals surface area contributed by atoms with Gasteiger partial charge in [0, 0.05) is 18.3 Å². The van der Waals surface area contributed by atoms with Crippen LogP contribution in [-0.4, -0.2) is 49.4 Å². The smallest absolute Gasteiger partial charge is 0.119 e. The highest BCUT2D eigenvalue weighted by molar-refractivity contribution is 5.47. The standard InChI is InChI=1S/C17H30N2O2/c1-6-17(13(2)3)18-14-7-9-16(10-8-14)21-12-15(20)11-19(4)5/h7-10,13,15,17-18,20H,6,11-12H2,1-5H3. The van der Waals surface area contributed by atoms with Crippen LogP contribution in [0.5, 0.6) is 5.75 Å². The predicted octanol–water partition coefficient (Wildman–Crippen LogP) is 2.83. The van der Waals surface area contributed by atoms with Gasteiger partial charge in [-0.05, 0) is 50.7 Å². The molecular weight excluding hydrogens is 264 g/mol. The summed E-state index contributed by atoms with van der Waals surface area (Å²) in [4.78, 5) is 1.94. The summed E-state index contributed by atoms with van der Waals surface area (Å²) in [6, 6.07) is 8.42. The summed E-state index contributed by atoms with van der Waals surface area (Å²) >= 11 is 0. The second kappa shape index (κ2) is 8.90. The Hall–Kier alpha value is -1.26. The first-order valence-corrected chi connectivity index (χ1v) is 7.74. The molecule has 2 unspecified atom stereocenters. The Kier molecular flexibility index (Phi) is 7.54. The maximum atomic E-state index is 9.77. The third-order valence-electron chi connectivity index (χ3n) is 3.47. The second-order valence-corrected chi connectivity index (χ2v) is 6.15. The van der Waals surface area contributed by atoms with E-state index in [9.17, 15) is 5.11 Å². The summed E-state index contributed by atoms with van der Waals surface area (Å²) in [5.41, 5.74) is 1.11. The molecule has 1 aromatic carbocycles. The van der Waals surface area contributed by atoms with Gasteiger partial charge in [-0.15, -0.1) is 0 Å². The van der Waals surface area contributed by atoms with E-state index < -0.39 is 6.10 Å². The van der Waals surface area contributed by atoms with E-state index in [1.165, 1.54) is 0 Å². The average molecular weight is 294 g/mol. The fourth-order valence-corrected chi connectivity index (χ4v) is 2.27. The van der Waals surface area contributed by atoms with E-state index in [0.717, 1.165) is 17.9 Å². The number of benzene rings is 1. The highest BCUT2D eigenvalue weighted by Crippen LogP contribution is 2.19. The number of nitrogens with one attached hydrogen (secondary N) is 1. The van der Waals surface area contributed by atoms with Gasteiger partial charge in [0.15, 0.2) is 0 Å². The van der Waals surface area contributed by atoms with Gasteiger partial charge in [-0.1, -0.05) is 20.8 Å². The molecule has 0 aliphatic heterocycles. The minimum Gasteiger partial charge on any atom is -0.491 e. The van der Waals surface area contributed by atoms with Crippen molar-refractivity contribution in [3.8, 4) is 5.75 Å². The molecule has 1 aromatic rings. The molecule has 0 aliphatic rings. The topological polar surface area (TPSA) is 44.7 Å². The quantitative estimate of drug-likeness (QED) is 0.735. The Labute approximate surface area is 129 Å². The lowest BCUT2D eigenvalue weighted by molar-refractivity contribution is 0.0831. The Balaban J connectivity index is 2.46. The number of nitrogens with zero attached hydrogens (tertiary/aromatic N) is 1. The molecule has 0 amide bonds. The first-order valence-electron chi connectivity index (χ1n) is 7.74. The van der Waals surface area contributed by atoms with Crippen LogP contribution < -0.4 is 10.1 Å². The zero-order valence-corrected chi connectivity index (χ0v) is 14.0. The number of anilines is 1. The maximum absolute atomic E-state index is 9.77. The van der Waals surface area contributed by atoms with E-state index in [1.807, 2.05) is 43.3 Å². The van der Waals surface area contributed by atoms with Gasteiger partial charge in [-0.25, -0.2) is 0 Å². The number of hydrogen-bond acceptors (Lipinski definition) is 4. The highest BCUT2D eigenvalue weighted by atomic mass is 16.5. The fraction of sp³-hybridized carbons (Fsp3) is 0.647. The van der Waals surface area contributed by atoms with Crippen LogP contribution in [0.25, 0.3) is 0 Å². The van der Waals surface area contributed by atoms with Crippen LogP contribution in [0.15, 0.2) is 24.3 Å². The SMILES string of the molecule is CCC(Nc1ccc(OCC(O)CN(C)C)cc1)C(C)C. The fourth-order valence-electron chi connectivity index (χ4n) is 2.27. The summed E-state index contributed by atoms with van der Waals surface area (Å²) in [5.74, 6) is 1.39. The Morgan fingerprint density at radius 1 is 1.19 bits per heavy atom. The van der Waals surface area contributed by atoms with Crippen LogP contribution >= 0.6 is 0 Å². The van der Waals surface area contributed by atoms with Crippen LogP contribution in [0.4, 0.5) is 5.69 Å². The number of rotatable bonds is 9. The Morgan fingerprint density at radius 2 is 1.81 bits per heavy atom. The predicted molar refractivity (Wildman–Crippen MR) is 89.0 cm³/mol. The molecule has 1 rings (SSSR count). The van der Waals surface area contributed by atoms with Gasteiger partial charge in [-0.3, -0.25) is 0 Å². The summed E-state index contributed by atoms with van der Waals surface area (Å²) in [6.07, 6.45) is 0.635. The molecular formula is C17H30N2O2. The van der Waals surface area contributed by atoms with Crippen molar-refractivity contribution in [2.24, 2.45) is 5.92 Å². The molecule has 0 saturated heterocycles. The summed E-state index contributed by atoms with van der Waals surface area (Å²) < 4.78 is 5.60. The number of likely N-dealkylation sites (N-methyl/N-ethyl adjacent to an activating group) is 1. The van der Waals surface area contributed by atoms with Gasteiger partial charge in [0.25, 0.3) is 0 Å². The van der Waals surface area contributed by atoms with E-state index in [2.05, 4.69) is 26.1 Å². The third kappa shape index (κ3) is 6.82. The van der Waals surface area contributed by atoms with Gasteiger partial charge in [-0.2, -0.15) is 0 Å². The number of aliphatic hydroxyl groups excluding tert-OH is 1. The molecule has 2 N–H and O–H groups in total. The maximum Gasteiger partial charge on any atom is 0.119 e. The molecule has 4 nitrogen and oxygen atoms in total. The molecule has 0 spiro atoms. The number of aliphatic hydroxyl groups is 1. The van der Waals surface area contributed by atoms with Crippen molar-refractivity contribution in [3.63, 3.8) is 0 Å². The van der Waals surface area contributed by atoms with Crippen molar-refractivity contribution in [1.82, 2.24) is 4.90 Å². The molecule has 0 saturated carbocycles. The first kappa shape index (κ1) is 17.8. The zero-order chi connectivity index (χ0) is 15.8. The van der Waals surface area contributed by atoms with Crippen LogP contribution in [-0.2, 0) is 0 Å². The summed E-state index contributed by atoms with van der Waals surface area (Å²) in [6.45, 7) is 7.57.